The molecule has 2 N–H and O–H groups in total. The molecule has 0 amide bonds. The highest BCUT2D eigenvalue weighted by Crippen LogP contribution is 2.42. The Balaban J connectivity index is 1.60. The first-order valence-electron chi connectivity index (χ1n) is 10.3. The van der Waals surface area contributed by atoms with E-state index in [2.05, 4.69) is 4.98 Å². The molecule has 6 heteroatoms. The van der Waals surface area contributed by atoms with E-state index in [9.17, 15) is 9.90 Å². The van der Waals surface area contributed by atoms with Gasteiger partial charge in [0.1, 0.15) is 22.1 Å². The predicted octanol–water partition coefficient (Wildman–Crippen LogP) is 6.31. The lowest BCUT2D eigenvalue weighted by Crippen LogP contribution is -2.08. The number of H-pyrrole nitrogens is 1. The highest BCUT2D eigenvalue weighted by molar-refractivity contribution is 7.17. The molecule has 3 aromatic carbocycles. The number of thiophene rings is 1. The summed E-state index contributed by atoms with van der Waals surface area (Å²) >= 11 is 1.40. The highest BCUT2D eigenvalue weighted by atomic mass is 32.1. The zero-order valence-corrected chi connectivity index (χ0v) is 18.9. The van der Waals surface area contributed by atoms with Gasteiger partial charge in [-0.25, -0.2) is 0 Å². The number of hydrogen-bond donors (Lipinski definition) is 2. The first-order chi connectivity index (χ1) is 16.1. The van der Waals surface area contributed by atoms with E-state index in [4.69, 9.17) is 9.47 Å². The van der Waals surface area contributed by atoms with Gasteiger partial charge in [-0.2, -0.15) is 0 Å². The number of aromatic nitrogens is 1. The minimum absolute atomic E-state index is 0.00203. The second kappa shape index (κ2) is 8.48. The van der Waals surface area contributed by atoms with Crippen molar-refractivity contribution in [3.63, 3.8) is 0 Å². The summed E-state index contributed by atoms with van der Waals surface area (Å²) in [7, 11) is 3.26. The molecule has 0 bridgehead atoms. The van der Waals surface area contributed by atoms with Crippen molar-refractivity contribution in [2.24, 2.45) is 0 Å². The Bertz CT molecular complexity index is 1480. The molecule has 0 aliphatic heterocycles. The summed E-state index contributed by atoms with van der Waals surface area (Å²) in [6, 6.07) is 23.0. The zero-order valence-electron chi connectivity index (χ0n) is 18.1. The topological polar surface area (TPSA) is 71.5 Å². The van der Waals surface area contributed by atoms with Crippen molar-refractivity contribution >= 4 is 21.6 Å². The maximum atomic E-state index is 12.7. The molecule has 164 valence electrons. The molecule has 33 heavy (non-hydrogen) atoms. The van der Waals surface area contributed by atoms with Gasteiger partial charge in [0.05, 0.1) is 25.2 Å². The Morgan fingerprint density at radius 1 is 0.788 bits per heavy atom. The van der Waals surface area contributed by atoms with E-state index in [-0.39, 0.29) is 16.9 Å². The largest absolute Gasteiger partial charge is 0.506 e. The summed E-state index contributed by atoms with van der Waals surface area (Å²) in [4.78, 5) is 16.2. The second-order valence-corrected chi connectivity index (χ2v) is 8.46. The van der Waals surface area contributed by atoms with Gasteiger partial charge in [-0.15, -0.1) is 11.3 Å². The molecule has 2 heterocycles. The minimum atomic E-state index is -0.304. The van der Waals surface area contributed by atoms with E-state index >= 15 is 0 Å². The van der Waals surface area contributed by atoms with E-state index in [0.717, 1.165) is 33.8 Å². The lowest BCUT2D eigenvalue weighted by Gasteiger charge is -2.10. The van der Waals surface area contributed by atoms with Gasteiger partial charge in [-0.3, -0.25) is 4.79 Å². The van der Waals surface area contributed by atoms with Gasteiger partial charge in [0.25, 0.3) is 5.56 Å². The Labute approximate surface area is 194 Å². The number of benzene rings is 3. The fourth-order valence-corrected chi connectivity index (χ4v) is 4.95. The third-order valence-electron chi connectivity index (χ3n) is 5.66. The van der Waals surface area contributed by atoms with Crippen molar-refractivity contribution in [2.45, 2.75) is 0 Å². The van der Waals surface area contributed by atoms with E-state index in [0.29, 0.717) is 15.8 Å². The fourth-order valence-electron chi connectivity index (χ4n) is 3.98. The molecule has 0 aliphatic rings. The van der Waals surface area contributed by atoms with Crippen LogP contribution >= 0.6 is 11.3 Å². The average molecular weight is 456 g/mol. The van der Waals surface area contributed by atoms with Crippen LogP contribution in [0.25, 0.3) is 43.6 Å². The number of aromatic amines is 1. The Hall–Kier alpha value is -4.03. The van der Waals surface area contributed by atoms with Gasteiger partial charge < -0.3 is 19.6 Å². The van der Waals surface area contributed by atoms with E-state index in [1.165, 1.54) is 11.3 Å². The average Bonchev–Trinajstić information content (AvgIpc) is 3.28. The van der Waals surface area contributed by atoms with Gasteiger partial charge in [0, 0.05) is 17.0 Å². The van der Waals surface area contributed by atoms with Crippen LogP contribution in [0.2, 0.25) is 0 Å². The van der Waals surface area contributed by atoms with Gasteiger partial charge >= 0.3 is 0 Å². The number of fused-ring (bicyclic) bond motifs is 1. The first-order valence-corrected chi connectivity index (χ1v) is 11.2. The summed E-state index contributed by atoms with van der Waals surface area (Å²) in [5, 5.41) is 13.7. The summed E-state index contributed by atoms with van der Waals surface area (Å²) in [5.74, 6) is 1.44. The molecule has 0 fully saturated rings. The molecule has 0 radical (unpaired) electrons. The van der Waals surface area contributed by atoms with E-state index < -0.39 is 0 Å². The SMILES string of the molecule is COc1cc(OC)cc(-c2ccc(-c3csc4[nH]c(=O)c(-c5ccccc5)c(O)c34)cc2)c1. The van der Waals surface area contributed by atoms with Crippen LogP contribution in [-0.2, 0) is 0 Å². The maximum absolute atomic E-state index is 12.7. The van der Waals surface area contributed by atoms with E-state index in [1.54, 1.807) is 14.2 Å². The van der Waals surface area contributed by atoms with Crippen LogP contribution in [-0.4, -0.2) is 24.3 Å². The molecule has 0 saturated heterocycles. The van der Waals surface area contributed by atoms with Crippen molar-refractivity contribution in [3.8, 4) is 50.6 Å². The molecule has 5 aromatic rings. The molecule has 0 saturated carbocycles. The van der Waals surface area contributed by atoms with Crippen LogP contribution < -0.4 is 15.0 Å². The Kier molecular flexibility index (Phi) is 5.36. The molecule has 0 aliphatic carbocycles. The first kappa shape index (κ1) is 20.8. The smallest absolute Gasteiger partial charge is 0.260 e. The normalized spacial score (nSPS) is 11.0. The summed E-state index contributed by atoms with van der Waals surface area (Å²) in [6.07, 6.45) is 0. The van der Waals surface area contributed by atoms with Gasteiger partial charge in [-0.05, 0) is 34.4 Å². The molecule has 5 rings (SSSR count). The van der Waals surface area contributed by atoms with Crippen molar-refractivity contribution < 1.29 is 14.6 Å². The number of nitrogens with one attached hydrogen (secondary N) is 1. The lowest BCUT2D eigenvalue weighted by molar-refractivity contribution is 0.394. The number of ether oxygens (including phenoxy) is 2. The number of rotatable bonds is 5. The third kappa shape index (κ3) is 3.75. The molecule has 5 nitrogen and oxygen atoms in total. The van der Waals surface area contributed by atoms with Gasteiger partial charge in [-0.1, -0.05) is 54.6 Å². The number of methoxy groups -OCH3 is 2. The van der Waals surface area contributed by atoms with Gasteiger partial charge in [0.2, 0.25) is 0 Å². The van der Waals surface area contributed by atoms with E-state index in [1.807, 2.05) is 78.2 Å². The Morgan fingerprint density at radius 3 is 2.06 bits per heavy atom. The van der Waals surface area contributed by atoms with Crippen LogP contribution in [0.15, 0.2) is 83.0 Å². The summed E-state index contributed by atoms with van der Waals surface area (Å²) < 4.78 is 10.8. The van der Waals surface area contributed by atoms with Crippen LogP contribution in [0.4, 0.5) is 0 Å². The van der Waals surface area contributed by atoms with Crippen molar-refractivity contribution in [2.75, 3.05) is 14.2 Å². The monoisotopic (exact) mass is 455 g/mol. The van der Waals surface area contributed by atoms with Crippen LogP contribution in [0.1, 0.15) is 0 Å². The highest BCUT2D eigenvalue weighted by Gasteiger charge is 2.19. The molecular formula is C27H21NO4S. The molecular weight excluding hydrogens is 434 g/mol. The standard InChI is InChI=1S/C27H21NO4S/c1-31-20-12-19(13-21(14-20)32-2)16-8-10-17(11-9-16)22-15-33-27-24(22)25(29)23(26(30)28-27)18-6-4-3-5-7-18/h3-15H,1-2H3,(H2,28,29,30). The molecule has 0 spiro atoms. The lowest BCUT2D eigenvalue weighted by atomic mass is 9.98. The minimum Gasteiger partial charge on any atom is -0.506 e. The second-order valence-electron chi connectivity index (χ2n) is 7.58. The number of hydrogen-bond acceptors (Lipinski definition) is 5. The quantitative estimate of drug-likeness (QED) is 0.326. The zero-order chi connectivity index (χ0) is 22.9. The van der Waals surface area contributed by atoms with Crippen molar-refractivity contribution in [3.05, 3.63) is 88.5 Å². The molecule has 0 atom stereocenters. The van der Waals surface area contributed by atoms with Gasteiger partial charge in [0.15, 0.2) is 0 Å². The Morgan fingerprint density at radius 2 is 1.42 bits per heavy atom. The summed E-state index contributed by atoms with van der Waals surface area (Å²) in [6.45, 7) is 0. The van der Waals surface area contributed by atoms with Crippen LogP contribution in [0.3, 0.4) is 0 Å². The summed E-state index contributed by atoms with van der Waals surface area (Å²) in [5.41, 5.74) is 4.46. The number of aromatic hydroxyl groups is 1. The predicted molar refractivity (Wildman–Crippen MR) is 134 cm³/mol. The van der Waals surface area contributed by atoms with Crippen LogP contribution in [0.5, 0.6) is 17.2 Å². The number of pyridine rings is 1. The third-order valence-corrected chi connectivity index (χ3v) is 6.56. The van der Waals surface area contributed by atoms with Crippen LogP contribution in [0, 0.1) is 0 Å². The van der Waals surface area contributed by atoms with Crippen molar-refractivity contribution in [1.29, 1.82) is 0 Å². The maximum Gasteiger partial charge on any atom is 0.260 e. The molecule has 0 unspecified atom stereocenters. The fraction of sp³-hybridized carbons (Fsp3) is 0.0741. The molecule has 2 aromatic heterocycles. The van der Waals surface area contributed by atoms with Crippen molar-refractivity contribution in [1.82, 2.24) is 4.98 Å².